The number of aliphatic hydroxyl groups is 1. The van der Waals surface area contributed by atoms with Crippen LogP contribution < -0.4 is 68.7 Å². The number of hydrogen-bond acceptors (Lipinski definition) is 19. The van der Waals surface area contributed by atoms with E-state index in [1.807, 2.05) is 0 Å². The summed E-state index contributed by atoms with van der Waals surface area (Å²) in [7, 11) is 4.33. The number of piperazine rings is 4. The first kappa shape index (κ1) is 95.7. The van der Waals surface area contributed by atoms with Crippen molar-refractivity contribution in [2.75, 3.05) is 196 Å². The molecular formula is C85H170N16O3. The first-order valence-electron chi connectivity index (χ1n) is 42.4. The van der Waals surface area contributed by atoms with E-state index in [-0.39, 0.29) is 0 Å². The van der Waals surface area contributed by atoms with Crippen LogP contribution in [0.15, 0.2) is 60.7 Å². The first-order chi connectivity index (χ1) is 49.9. The van der Waals surface area contributed by atoms with Crippen molar-refractivity contribution in [3.8, 4) is 0 Å². The maximum atomic E-state index is 8.66. The second-order valence-corrected chi connectivity index (χ2v) is 33.9. The Balaban J connectivity index is 0.000000297. The highest BCUT2D eigenvalue weighted by atomic mass is 16.5. The van der Waals surface area contributed by atoms with Gasteiger partial charge in [-0.15, -0.1) is 0 Å². The fraction of sp³-hybridized carbons (Fsp3) is 0.859. The number of piperidine rings is 6. The SMILES string of the molecule is C1CCNCC1.C1COCCN1.CC(C)N1CCNCC1.CC1(C)CCCC(C)(C)N1.CC1CCCC(C)N1.CC1CCNCC1.CC1CN(C)CC(C)N1.CC1CN(c2ccccc2)CC(C)N1.CC1COCC(C)N1.CN1CCNCC1.OCC1CCNCC1.c1ccc(C2CCNCC2)cc1. The number of benzene rings is 2. The maximum absolute atomic E-state index is 8.66. The second kappa shape index (κ2) is 59.3. The van der Waals surface area contributed by atoms with Gasteiger partial charge in [0.2, 0.25) is 0 Å². The first-order valence-corrected chi connectivity index (χ1v) is 42.4. The van der Waals surface area contributed by atoms with Crippen molar-refractivity contribution < 1.29 is 14.6 Å². The van der Waals surface area contributed by atoms with Crippen molar-refractivity contribution in [2.24, 2.45) is 11.8 Å². The van der Waals surface area contributed by atoms with E-state index in [0.717, 1.165) is 135 Å². The Morgan fingerprint density at radius 2 is 0.827 bits per heavy atom. The number of morpholine rings is 2. The molecule has 19 heteroatoms. The minimum Gasteiger partial charge on any atom is -0.396 e. The number of nitrogens with zero attached hydrogens (tertiary/aromatic N) is 4. The number of nitrogens with one attached hydrogen (secondary N) is 12. The van der Waals surface area contributed by atoms with Crippen LogP contribution in [0.2, 0.25) is 0 Å². The number of para-hydroxylation sites is 1. The zero-order valence-electron chi connectivity index (χ0n) is 70.5. The van der Waals surface area contributed by atoms with Crippen LogP contribution in [0.3, 0.4) is 0 Å². The van der Waals surface area contributed by atoms with Gasteiger partial charge in [-0.25, -0.2) is 0 Å². The Morgan fingerprint density at radius 3 is 1.13 bits per heavy atom. The number of likely N-dealkylation sites (N-methyl/N-ethyl adjacent to an activating group) is 2. The van der Waals surface area contributed by atoms with Gasteiger partial charge in [-0.1, -0.05) is 68.3 Å². The van der Waals surface area contributed by atoms with Crippen molar-refractivity contribution in [1.82, 2.24) is 78.5 Å². The van der Waals surface area contributed by atoms with Crippen LogP contribution in [0.5, 0.6) is 0 Å². The fourth-order valence-corrected chi connectivity index (χ4v) is 15.4. The molecule has 19 nitrogen and oxygen atoms in total. The van der Waals surface area contributed by atoms with Gasteiger partial charge in [0.1, 0.15) is 0 Å². The predicted molar refractivity (Wildman–Crippen MR) is 450 cm³/mol. The summed E-state index contributed by atoms with van der Waals surface area (Å²) in [5.74, 6) is 2.35. The minimum atomic E-state index is 0.363. The Kier molecular flexibility index (Phi) is 54.6. The van der Waals surface area contributed by atoms with Crippen molar-refractivity contribution in [3.05, 3.63) is 66.2 Å². The Labute approximate surface area is 641 Å². The van der Waals surface area contributed by atoms with Gasteiger partial charge in [0.05, 0.1) is 26.4 Å². The molecule has 2 aromatic carbocycles. The van der Waals surface area contributed by atoms with E-state index in [9.17, 15) is 0 Å². The zero-order valence-corrected chi connectivity index (χ0v) is 70.5. The van der Waals surface area contributed by atoms with Gasteiger partial charge in [0.25, 0.3) is 0 Å². The van der Waals surface area contributed by atoms with Crippen LogP contribution in [0.1, 0.15) is 212 Å². The van der Waals surface area contributed by atoms with Crippen molar-refractivity contribution in [1.29, 1.82) is 0 Å². The third-order valence-electron chi connectivity index (χ3n) is 21.1. The van der Waals surface area contributed by atoms with E-state index in [4.69, 9.17) is 14.6 Å². The van der Waals surface area contributed by atoms with E-state index in [2.05, 4.69) is 262 Å². The lowest BCUT2D eigenvalue weighted by Gasteiger charge is -2.42. The molecule has 0 aromatic heterocycles. The van der Waals surface area contributed by atoms with E-state index in [1.165, 1.54) is 173 Å². The van der Waals surface area contributed by atoms with Crippen LogP contribution in [-0.4, -0.2) is 276 Å². The van der Waals surface area contributed by atoms with Gasteiger partial charge >= 0.3 is 0 Å². The molecular weight excluding hydrogens is 1290 g/mol. The van der Waals surface area contributed by atoms with Crippen LogP contribution in [0.25, 0.3) is 0 Å². The van der Waals surface area contributed by atoms with Gasteiger partial charge in [-0.05, 0) is 282 Å². The summed E-state index contributed by atoms with van der Waals surface area (Å²) >= 11 is 0. The van der Waals surface area contributed by atoms with Gasteiger partial charge in [0, 0.05) is 169 Å². The Bertz CT molecular complexity index is 2070. The molecule has 2 aromatic rings. The molecule has 12 aliphatic heterocycles. The summed E-state index contributed by atoms with van der Waals surface area (Å²) in [4.78, 5) is 9.64. The molecule has 0 aliphatic carbocycles. The van der Waals surface area contributed by atoms with Gasteiger partial charge in [-0.2, -0.15) is 0 Å². The highest BCUT2D eigenvalue weighted by Crippen LogP contribution is 2.28. The quantitative estimate of drug-likeness (QED) is 0.138. The normalized spacial score (nSPS) is 28.3. The largest absolute Gasteiger partial charge is 0.396 e. The molecule has 12 saturated heterocycles. The summed E-state index contributed by atoms with van der Waals surface area (Å²) in [6.07, 6.45) is 20.0. The number of aliphatic hydroxyl groups excluding tert-OH is 1. The van der Waals surface area contributed by atoms with Gasteiger partial charge in [0.15, 0.2) is 0 Å². The third-order valence-corrected chi connectivity index (χ3v) is 21.1. The van der Waals surface area contributed by atoms with Crippen LogP contribution in [0.4, 0.5) is 5.69 Å². The summed E-state index contributed by atoms with van der Waals surface area (Å²) in [6.45, 7) is 63.2. The van der Waals surface area contributed by atoms with E-state index in [1.54, 1.807) is 0 Å². The van der Waals surface area contributed by atoms with E-state index < -0.39 is 0 Å². The number of ether oxygens (including phenoxy) is 2. The monoisotopic (exact) mass is 1460 g/mol. The molecule has 608 valence electrons. The molecule has 8 unspecified atom stereocenters. The number of hydrogen-bond donors (Lipinski definition) is 13. The molecule has 14 rings (SSSR count). The molecule has 12 aliphatic rings. The fourth-order valence-electron chi connectivity index (χ4n) is 15.4. The zero-order chi connectivity index (χ0) is 76.1. The maximum Gasteiger partial charge on any atom is 0.0617 e. The van der Waals surface area contributed by atoms with Crippen molar-refractivity contribution in [2.45, 2.75) is 272 Å². The smallest absolute Gasteiger partial charge is 0.0617 e. The lowest BCUT2D eigenvalue weighted by atomic mass is 9.83. The van der Waals surface area contributed by atoms with Crippen molar-refractivity contribution in [3.63, 3.8) is 0 Å². The van der Waals surface area contributed by atoms with Crippen molar-refractivity contribution >= 4 is 5.69 Å². The summed E-state index contributed by atoms with van der Waals surface area (Å²) in [6, 6.07) is 27.3. The molecule has 12 heterocycles. The van der Waals surface area contributed by atoms with Crippen LogP contribution in [0, 0.1) is 11.8 Å². The predicted octanol–water partition coefficient (Wildman–Crippen LogP) is 9.73. The van der Waals surface area contributed by atoms with E-state index >= 15 is 0 Å². The molecule has 0 amide bonds. The molecule has 12 fully saturated rings. The van der Waals surface area contributed by atoms with Gasteiger partial charge < -0.3 is 93.1 Å². The molecule has 0 radical (unpaired) electrons. The molecule has 0 saturated carbocycles. The summed E-state index contributed by atoms with van der Waals surface area (Å²) in [5, 5.41) is 49.1. The molecule has 8 atom stereocenters. The third kappa shape index (κ3) is 51.1. The lowest BCUT2D eigenvalue weighted by molar-refractivity contribution is 0.0560. The van der Waals surface area contributed by atoms with Gasteiger partial charge in [-0.3, -0.25) is 4.90 Å². The van der Waals surface area contributed by atoms with Crippen LogP contribution >= 0.6 is 0 Å². The average molecular weight is 1460 g/mol. The number of rotatable bonds is 4. The average Bonchev–Trinajstić information content (AvgIpc) is 0.846. The van der Waals surface area contributed by atoms with Crippen LogP contribution in [-0.2, 0) is 9.47 Å². The Morgan fingerprint density at radius 1 is 0.413 bits per heavy atom. The molecule has 104 heavy (non-hydrogen) atoms. The topological polar surface area (TPSA) is 196 Å². The highest BCUT2D eigenvalue weighted by molar-refractivity contribution is 5.46. The van der Waals surface area contributed by atoms with E-state index in [0.29, 0.717) is 59.9 Å². The standard InChI is InChI=1S/C12H18N2.C11H15N.C9H19N.2C7H16N2.C7H15N.2C6H13NO.C6H13N.C5H12N2.C5H11N.C4H9NO/c1-10-8-14(9-11(2)13-10)12-6-4-3-5-7-12;1-2-4-10(5-3-1)11-6-8-12-9-7-11;1-8(2)6-5-7-9(3,4)10-8;1-6-4-9(3)5-7(2)8-6;1-7(2)9-5-3-8-4-6-9;1-6-4-3-5-7(2)8-6;1-5-3-8-4-6(2)7-5;8-5-6-1-3-7-4-2-6;1-6-2-4-7-5-3-6;1-7-4-2-6-3-5-7;1-2-4-6-5-3-1;1-3-6-4-2-5-1/h3-7,10-11,13H,8-9H2,1-2H3;1-5,11-12H,6-9H2;10H,5-7H2,1-4H3;6-8H,4-5H2,1-3H3;7-8H,3-6H2,1-2H3;6-8H,3-5H2,1-2H3;5-7H,3-4H2,1-2H3;6-8H,1-5H2;6-7H,2-5H2,1H3;6H,2-5H2,1H3;6H,1-5H2;5H,1-4H2. The second-order valence-electron chi connectivity index (χ2n) is 33.9. The Hall–Kier alpha value is -2.48. The molecule has 13 N–H and O–H groups in total. The summed E-state index contributed by atoms with van der Waals surface area (Å²) in [5.41, 5.74) is 3.58. The minimum absolute atomic E-state index is 0.363. The molecule has 0 spiro atoms. The number of anilines is 1. The summed E-state index contributed by atoms with van der Waals surface area (Å²) < 4.78 is 10.2. The molecule has 0 bridgehead atoms. The lowest BCUT2D eigenvalue weighted by Crippen LogP contribution is -2.55. The highest BCUT2D eigenvalue weighted by Gasteiger charge is 2.31.